The molecule has 3 rings (SSSR count). The molecule has 2 aromatic rings. The number of nitrogens with one attached hydrogen (secondary N) is 2. The van der Waals surface area contributed by atoms with E-state index in [1.807, 2.05) is 0 Å². The molecule has 0 spiro atoms. The van der Waals surface area contributed by atoms with Gasteiger partial charge in [-0.15, -0.1) is 0 Å². The molecule has 1 fully saturated rings. The maximum absolute atomic E-state index is 13.3. The second-order valence-electron chi connectivity index (χ2n) is 10.0. The molecular weight excluding hydrogens is 597 g/mol. The predicted octanol–water partition coefficient (Wildman–Crippen LogP) is 5.70. The number of anilines is 1. The van der Waals surface area contributed by atoms with Crippen molar-refractivity contribution in [3.8, 4) is 17.0 Å². The largest absolute Gasteiger partial charge is 0.434 e. The summed E-state index contributed by atoms with van der Waals surface area (Å²) in [6.45, 7) is 0.433. The number of carbonyl (C=O) groups excluding carboxylic acids is 1. The molecule has 41 heavy (non-hydrogen) atoms. The van der Waals surface area contributed by atoms with Crippen LogP contribution in [0.5, 0.6) is 5.75 Å². The Morgan fingerprint density at radius 3 is 2.41 bits per heavy atom. The van der Waals surface area contributed by atoms with Crippen molar-refractivity contribution in [1.82, 2.24) is 20.1 Å². The van der Waals surface area contributed by atoms with Crippen LogP contribution in [0.2, 0.25) is 5.02 Å². The molecule has 0 saturated heterocycles. The van der Waals surface area contributed by atoms with Gasteiger partial charge >= 0.3 is 12.8 Å². The minimum absolute atomic E-state index is 0.0304. The number of carbonyl (C=O) groups is 1. The second kappa shape index (κ2) is 13.5. The molecule has 1 aliphatic rings. The lowest BCUT2D eigenvalue weighted by atomic mass is 9.89. The molecule has 230 valence electrons. The van der Waals surface area contributed by atoms with E-state index < -0.39 is 46.7 Å². The van der Waals surface area contributed by atoms with Gasteiger partial charge in [0.05, 0.1) is 28.0 Å². The number of rotatable bonds is 12. The third-order valence-corrected chi connectivity index (χ3v) is 9.06. The average Bonchev–Trinajstić information content (AvgIpc) is 3.21. The number of ether oxygens (including phenoxy) is 1. The van der Waals surface area contributed by atoms with Crippen LogP contribution >= 0.6 is 11.6 Å². The molecular formula is C25H33ClF5N5O4S. The number of alkyl halides is 5. The summed E-state index contributed by atoms with van der Waals surface area (Å²) in [5.74, 6) is -1.05. The third-order valence-electron chi connectivity index (χ3n) is 7.02. The van der Waals surface area contributed by atoms with Crippen molar-refractivity contribution < 1.29 is 39.9 Å². The lowest BCUT2D eigenvalue weighted by Gasteiger charge is -2.27. The molecule has 1 aliphatic carbocycles. The van der Waals surface area contributed by atoms with Gasteiger partial charge in [-0.1, -0.05) is 18.5 Å². The molecule has 1 saturated carbocycles. The van der Waals surface area contributed by atoms with E-state index in [2.05, 4.69) is 25.5 Å². The summed E-state index contributed by atoms with van der Waals surface area (Å²) in [6, 6.07) is 0.00502. The number of aryl methyl sites for hydroxylation is 1. The summed E-state index contributed by atoms with van der Waals surface area (Å²) in [4.78, 5) is 17.1. The Morgan fingerprint density at radius 2 is 1.88 bits per heavy atom. The standard InChI is InChI=1S/C25H33ClF5N5O4S/c1-4-15(11-25(29,30)31)34-19-10-18(40-24(27)28)17(13-32-19)22-20(26)21(35-36(22)5-2)23(37)33-12-14-6-8-16(9-7-14)41(3,38)39/h10,13-16,24H,4-9,11-12H2,1-3H3,(H,32,34)(H,33,37)/t14?,15-,16?/m1/s1. The van der Waals surface area contributed by atoms with E-state index in [1.54, 1.807) is 13.8 Å². The van der Waals surface area contributed by atoms with E-state index >= 15 is 0 Å². The molecule has 9 nitrogen and oxygen atoms in total. The molecule has 0 bridgehead atoms. The van der Waals surface area contributed by atoms with Gasteiger partial charge in [0.1, 0.15) is 21.4 Å². The molecule has 1 amide bonds. The van der Waals surface area contributed by atoms with Crippen LogP contribution in [0.1, 0.15) is 62.9 Å². The van der Waals surface area contributed by atoms with Gasteiger partial charge < -0.3 is 15.4 Å². The maximum atomic E-state index is 13.3. The quantitative estimate of drug-likeness (QED) is 0.290. The first kappa shape index (κ1) is 32.8. The van der Waals surface area contributed by atoms with Gasteiger partial charge in [0.15, 0.2) is 5.69 Å². The van der Waals surface area contributed by atoms with Gasteiger partial charge in [-0.3, -0.25) is 9.48 Å². The van der Waals surface area contributed by atoms with Crippen LogP contribution in [0.3, 0.4) is 0 Å². The number of halogens is 6. The van der Waals surface area contributed by atoms with E-state index in [-0.39, 0.29) is 58.5 Å². The Kier molecular flexibility index (Phi) is 10.8. The van der Waals surface area contributed by atoms with Gasteiger partial charge in [-0.05, 0) is 44.9 Å². The highest BCUT2D eigenvalue weighted by Crippen LogP contribution is 2.39. The third kappa shape index (κ3) is 8.90. The number of sulfone groups is 1. The highest BCUT2D eigenvalue weighted by Gasteiger charge is 2.32. The van der Waals surface area contributed by atoms with Crippen LogP contribution < -0.4 is 15.4 Å². The van der Waals surface area contributed by atoms with Crippen molar-refractivity contribution in [2.75, 3.05) is 18.1 Å². The van der Waals surface area contributed by atoms with E-state index in [4.69, 9.17) is 11.6 Å². The summed E-state index contributed by atoms with van der Waals surface area (Å²) in [5, 5.41) is 9.07. The topological polar surface area (TPSA) is 115 Å². The minimum atomic E-state index is -4.44. The Balaban J connectivity index is 1.83. The fourth-order valence-electron chi connectivity index (χ4n) is 4.83. The molecule has 16 heteroatoms. The highest BCUT2D eigenvalue weighted by atomic mass is 35.5. The Hall–Kier alpha value is -2.68. The molecule has 0 aliphatic heterocycles. The van der Waals surface area contributed by atoms with Gasteiger partial charge in [0.2, 0.25) is 0 Å². The van der Waals surface area contributed by atoms with E-state index in [0.29, 0.717) is 25.7 Å². The first-order valence-corrected chi connectivity index (χ1v) is 15.5. The summed E-state index contributed by atoms with van der Waals surface area (Å²) in [7, 11) is -3.12. The SMILES string of the molecule is CC[C@H](CC(F)(F)F)Nc1cc(OC(F)F)c(-c2c(Cl)c(C(=O)NCC3CCC(S(C)(=O)=O)CC3)nn2CC)cn1. The van der Waals surface area contributed by atoms with Gasteiger partial charge in [-0.2, -0.15) is 27.1 Å². The van der Waals surface area contributed by atoms with Crippen molar-refractivity contribution >= 4 is 33.2 Å². The van der Waals surface area contributed by atoms with E-state index in [0.717, 1.165) is 12.3 Å². The fraction of sp³-hybridized carbons (Fsp3) is 0.640. The molecule has 2 heterocycles. The van der Waals surface area contributed by atoms with Gasteiger partial charge in [0.25, 0.3) is 5.91 Å². The lowest BCUT2D eigenvalue weighted by Crippen LogP contribution is -2.34. The Morgan fingerprint density at radius 1 is 1.22 bits per heavy atom. The number of nitrogens with zero attached hydrogens (tertiary/aromatic N) is 3. The number of hydrogen-bond acceptors (Lipinski definition) is 7. The Labute approximate surface area is 240 Å². The number of aromatic nitrogens is 3. The van der Waals surface area contributed by atoms with Crippen LogP contribution in [0, 0.1) is 5.92 Å². The zero-order valence-electron chi connectivity index (χ0n) is 22.8. The lowest BCUT2D eigenvalue weighted by molar-refractivity contribution is -0.137. The van der Waals surface area contributed by atoms with Crippen LogP contribution in [0.25, 0.3) is 11.3 Å². The van der Waals surface area contributed by atoms with Crippen molar-refractivity contribution in [2.24, 2.45) is 5.92 Å². The minimum Gasteiger partial charge on any atom is -0.434 e. The van der Waals surface area contributed by atoms with Crippen LogP contribution in [-0.4, -0.2) is 66.0 Å². The van der Waals surface area contributed by atoms with Crippen LogP contribution in [0.4, 0.5) is 27.8 Å². The van der Waals surface area contributed by atoms with Gasteiger partial charge in [-0.25, -0.2) is 13.4 Å². The molecule has 0 radical (unpaired) electrons. The second-order valence-corrected chi connectivity index (χ2v) is 12.7. The normalized spacial score (nSPS) is 18.8. The molecule has 1 atom stereocenters. The number of hydrogen-bond donors (Lipinski definition) is 2. The molecule has 0 unspecified atom stereocenters. The highest BCUT2D eigenvalue weighted by molar-refractivity contribution is 7.91. The smallest absolute Gasteiger partial charge is 0.391 e. The van der Waals surface area contributed by atoms with Gasteiger partial charge in [0, 0.05) is 37.7 Å². The monoisotopic (exact) mass is 629 g/mol. The summed E-state index contributed by atoms with van der Waals surface area (Å²) in [6.07, 6.45) is -0.879. The number of amides is 1. The summed E-state index contributed by atoms with van der Waals surface area (Å²) in [5.41, 5.74) is -0.114. The summed E-state index contributed by atoms with van der Waals surface area (Å²) < 4.78 is 94.8. The van der Waals surface area contributed by atoms with E-state index in [9.17, 15) is 35.2 Å². The number of pyridine rings is 1. The zero-order chi connectivity index (χ0) is 30.5. The fourth-order valence-corrected chi connectivity index (χ4v) is 6.28. The first-order chi connectivity index (χ1) is 19.1. The van der Waals surface area contributed by atoms with Crippen molar-refractivity contribution in [3.63, 3.8) is 0 Å². The van der Waals surface area contributed by atoms with Crippen molar-refractivity contribution in [3.05, 3.63) is 23.0 Å². The van der Waals surface area contributed by atoms with Crippen LogP contribution in [-0.2, 0) is 16.4 Å². The molecule has 2 N–H and O–H groups in total. The maximum Gasteiger partial charge on any atom is 0.391 e. The molecule has 0 aromatic carbocycles. The zero-order valence-corrected chi connectivity index (χ0v) is 24.3. The van der Waals surface area contributed by atoms with Crippen LogP contribution in [0.15, 0.2) is 12.3 Å². The predicted molar refractivity (Wildman–Crippen MR) is 144 cm³/mol. The Bertz CT molecular complexity index is 1310. The van der Waals surface area contributed by atoms with Crippen molar-refractivity contribution in [1.29, 1.82) is 0 Å². The molecule has 2 aromatic heterocycles. The summed E-state index contributed by atoms with van der Waals surface area (Å²) >= 11 is 6.53. The average molecular weight is 630 g/mol. The van der Waals surface area contributed by atoms with Crippen molar-refractivity contribution in [2.45, 2.75) is 83.0 Å². The first-order valence-electron chi connectivity index (χ1n) is 13.1. The van der Waals surface area contributed by atoms with E-state index in [1.165, 1.54) is 10.9 Å².